The largest absolute Gasteiger partial charge is 0.342 e. The number of carbonyl (C=O) groups excluding carboxylic acids is 5. The molecule has 14 nitrogen and oxygen atoms in total. The third-order valence-electron chi connectivity index (χ3n) is 15.2. The maximum atomic E-state index is 15.1. The first-order chi connectivity index (χ1) is 26.9. The van der Waals surface area contributed by atoms with E-state index in [4.69, 9.17) is 0 Å². The van der Waals surface area contributed by atoms with Crippen LogP contribution in [0.25, 0.3) is 0 Å². The second kappa shape index (κ2) is 15.4. The molecular weight excluding hydrogens is 766 g/mol. The highest BCUT2D eigenvalue weighted by molar-refractivity contribution is 7.87. The number of nitrogens with zero attached hydrogens (tertiary/aromatic N) is 3. The maximum Gasteiger partial charge on any atom is 0.303 e. The number of alkyl halides is 1. The summed E-state index contributed by atoms with van der Waals surface area (Å²) < 4.78 is 43.2. The van der Waals surface area contributed by atoms with Gasteiger partial charge in [0.1, 0.15) is 30.3 Å². The zero-order chi connectivity index (χ0) is 42.9. The van der Waals surface area contributed by atoms with E-state index in [0.717, 1.165) is 32.1 Å². The van der Waals surface area contributed by atoms with Crippen LogP contribution in [0.5, 0.6) is 0 Å². The summed E-state index contributed by atoms with van der Waals surface area (Å²) in [4.78, 5) is 75.2. The maximum absolute atomic E-state index is 15.1. The average molecular weight is 834 g/mol. The molecular formula is C42H68FN7O7S. The summed E-state index contributed by atoms with van der Waals surface area (Å²) in [5.41, 5.74) is -3.73. The summed E-state index contributed by atoms with van der Waals surface area (Å²) >= 11 is 0. The van der Waals surface area contributed by atoms with Crippen molar-refractivity contribution in [2.24, 2.45) is 33.0 Å². The number of piperidine rings is 1. The summed E-state index contributed by atoms with van der Waals surface area (Å²) in [5.74, 6) is -3.23. The highest BCUT2D eigenvalue weighted by Gasteiger charge is 2.85. The van der Waals surface area contributed by atoms with Crippen molar-refractivity contribution in [2.45, 2.75) is 149 Å². The Labute approximate surface area is 344 Å². The van der Waals surface area contributed by atoms with E-state index < -0.39 is 87.0 Å². The highest BCUT2D eigenvalue weighted by Crippen LogP contribution is 2.88. The van der Waals surface area contributed by atoms with Gasteiger partial charge in [-0.05, 0) is 79.6 Å². The van der Waals surface area contributed by atoms with Gasteiger partial charge in [-0.3, -0.25) is 28.9 Å². The van der Waals surface area contributed by atoms with Crippen LogP contribution in [0.4, 0.5) is 4.39 Å². The molecule has 16 heteroatoms. The molecule has 0 unspecified atom stereocenters. The summed E-state index contributed by atoms with van der Waals surface area (Å²) in [5, 5.41) is 8.89. The van der Waals surface area contributed by atoms with Crippen molar-refractivity contribution >= 4 is 39.7 Å². The first kappa shape index (κ1) is 44.4. The van der Waals surface area contributed by atoms with Crippen LogP contribution in [-0.4, -0.2) is 121 Å². The van der Waals surface area contributed by atoms with Crippen molar-refractivity contribution in [3.05, 3.63) is 12.7 Å². The van der Waals surface area contributed by atoms with Gasteiger partial charge >= 0.3 is 10.2 Å². The molecule has 4 N–H and O–H groups in total. The Bertz CT molecular complexity index is 1780. The third-order valence-corrected chi connectivity index (χ3v) is 16.7. The minimum atomic E-state index is -4.13. The number of hydrogen-bond acceptors (Lipinski definition) is 8. The summed E-state index contributed by atoms with van der Waals surface area (Å²) in [7, 11) is -4.13. The Hall–Kier alpha value is -3.11. The van der Waals surface area contributed by atoms with E-state index >= 15 is 4.79 Å². The fourth-order valence-electron chi connectivity index (χ4n) is 11.2. The van der Waals surface area contributed by atoms with Gasteiger partial charge in [0.05, 0.1) is 6.04 Å². The number of likely N-dealkylation sites (tertiary alicyclic amines) is 2. The zero-order valence-electron chi connectivity index (χ0n) is 36.0. The predicted octanol–water partition coefficient (Wildman–Crippen LogP) is 3.19. The number of fused-ring (bicyclic) bond motifs is 1. The molecule has 0 aromatic heterocycles. The van der Waals surface area contributed by atoms with Crippen molar-refractivity contribution in [1.29, 1.82) is 0 Å². The molecule has 0 aromatic carbocycles. The number of carbonyl (C=O) groups is 5. The van der Waals surface area contributed by atoms with Crippen molar-refractivity contribution in [1.82, 2.24) is 34.8 Å². The van der Waals surface area contributed by atoms with Crippen molar-refractivity contribution in [2.75, 3.05) is 39.4 Å². The van der Waals surface area contributed by atoms with E-state index in [2.05, 4.69) is 41.1 Å². The van der Waals surface area contributed by atoms with E-state index in [1.54, 1.807) is 4.90 Å². The van der Waals surface area contributed by atoms with Crippen LogP contribution in [0, 0.1) is 33.0 Å². The van der Waals surface area contributed by atoms with Crippen molar-refractivity contribution in [3.63, 3.8) is 0 Å². The van der Waals surface area contributed by atoms with E-state index in [0.29, 0.717) is 45.3 Å². The Morgan fingerprint density at radius 1 is 0.828 bits per heavy atom. The van der Waals surface area contributed by atoms with Gasteiger partial charge in [-0.2, -0.15) is 12.7 Å². The molecule has 0 aromatic rings. The number of hydrogen-bond donors (Lipinski definition) is 4. The van der Waals surface area contributed by atoms with E-state index in [1.807, 2.05) is 46.4 Å². The minimum absolute atomic E-state index is 0.0487. The Balaban J connectivity index is 1.26. The third kappa shape index (κ3) is 7.49. The van der Waals surface area contributed by atoms with E-state index in [-0.39, 0.29) is 41.7 Å². The summed E-state index contributed by atoms with van der Waals surface area (Å²) in [6, 6.07) is -3.70. The molecule has 326 valence electrons. The van der Waals surface area contributed by atoms with Crippen LogP contribution in [0.3, 0.4) is 0 Å². The first-order valence-electron chi connectivity index (χ1n) is 21.4. The van der Waals surface area contributed by atoms with Crippen LogP contribution < -0.4 is 20.7 Å². The molecule has 58 heavy (non-hydrogen) atoms. The van der Waals surface area contributed by atoms with Gasteiger partial charge in [0.15, 0.2) is 0 Å². The lowest BCUT2D eigenvalue weighted by Gasteiger charge is -2.39. The number of nitrogens with one attached hydrogen (secondary N) is 4. The molecule has 6 rings (SSSR count). The smallest absolute Gasteiger partial charge is 0.303 e. The Morgan fingerprint density at radius 3 is 1.97 bits per heavy atom. The van der Waals surface area contributed by atoms with Gasteiger partial charge in [0, 0.05) is 37.5 Å². The minimum Gasteiger partial charge on any atom is -0.342 e. The summed E-state index contributed by atoms with van der Waals surface area (Å²) in [6.07, 6.45) is 8.69. The molecule has 0 bridgehead atoms. The Morgan fingerprint density at radius 2 is 1.45 bits per heavy atom. The zero-order valence-corrected chi connectivity index (χ0v) is 36.8. The lowest BCUT2D eigenvalue weighted by atomic mass is 9.73. The van der Waals surface area contributed by atoms with E-state index in [9.17, 15) is 32.0 Å². The summed E-state index contributed by atoms with van der Waals surface area (Å²) in [6.45, 7) is 20.3. The van der Waals surface area contributed by atoms with Crippen LogP contribution in [0.2, 0.25) is 0 Å². The lowest BCUT2D eigenvalue weighted by Crippen LogP contribution is -2.64. The molecule has 5 amide bonds. The molecule has 3 aliphatic carbocycles. The van der Waals surface area contributed by atoms with Crippen LogP contribution in [-0.2, 0) is 34.2 Å². The highest BCUT2D eigenvalue weighted by atomic mass is 32.2. The molecule has 3 aliphatic heterocycles. The standard InChI is InChI=1S/C42H68FN7O7S/c1-10-27-24-42(27,36(55)47-58(56,57)49-21-13-14-22-49)46-33(52)29-25-41(39(8,9)40(41)17-15-18-40)26-50(29)35(54)31(38(5,6)7)45-34(53)30(37(2,3)4)44-32(51)28-16-11-12-20-48(28)23-19-43/h10,27-31H,1,11-26H2,2-9H3,(H,44,51)(H,45,53)(H,46,52)(H,47,55)/t27-,28+,29+,30-,31-,41-,42-/m1/s1. The van der Waals surface area contributed by atoms with Gasteiger partial charge in [-0.1, -0.05) is 74.3 Å². The van der Waals surface area contributed by atoms with Gasteiger partial charge in [0.25, 0.3) is 5.91 Å². The topological polar surface area (TPSA) is 177 Å². The van der Waals surface area contributed by atoms with Crippen molar-refractivity contribution in [3.8, 4) is 0 Å². The Kier molecular flexibility index (Phi) is 11.8. The monoisotopic (exact) mass is 833 g/mol. The lowest BCUT2D eigenvalue weighted by molar-refractivity contribution is -0.145. The fourth-order valence-corrected chi connectivity index (χ4v) is 12.5. The SMILES string of the molecule is C=C[C@@H]1C[C@]1(NC(=O)[C@@H]1C[C@@]2(CN1C(=O)[C@@H](NC(=O)[C@@H](NC(=O)[C@@H]1CCCCN1CCF)C(C)(C)C)C(C)(C)C)C(C)(C)C21CCC1)C(=O)NS(=O)(=O)N1CCCC1. The molecule has 3 saturated carbocycles. The molecule has 6 fully saturated rings. The van der Waals surface area contributed by atoms with Gasteiger partial charge in [-0.25, -0.2) is 9.11 Å². The molecule has 6 aliphatic rings. The van der Waals surface area contributed by atoms with Gasteiger partial charge in [0.2, 0.25) is 23.6 Å². The normalized spacial score (nSPS) is 31.5. The first-order valence-corrected chi connectivity index (χ1v) is 22.9. The second-order valence-corrected chi connectivity index (χ2v) is 22.4. The second-order valence-electron chi connectivity index (χ2n) is 20.7. The molecule has 2 spiro atoms. The quantitative estimate of drug-likeness (QED) is 0.205. The van der Waals surface area contributed by atoms with Crippen LogP contribution >= 0.6 is 0 Å². The number of halogens is 1. The predicted molar refractivity (Wildman–Crippen MR) is 218 cm³/mol. The number of amides is 5. The molecule has 3 heterocycles. The average Bonchev–Trinajstić information content (AvgIpc) is 3.58. The van der Waals surface area contributed by atoms with Crippen molar-refractivity contribution < 1.29 is 36.8 Å². The number of rotatable bonds is 13. The van der Waals surface area contributed by atoms with Crippen LogP contribution in [0.1, 0.15) is 120 Å². The van der Waals surface area contributed by atoms with Gasteiger partial charge < -0.3 is 20.9 Å². The molecule has 7 atom stereocenters. The van der Waals surface area contributed by atoms with Crippen LogP contribution in [0.15, 0.2) is 12.7 Å². The molecule has 3 saturated heterocycles. The van der Waals surface area contributed by atoms with Gasteiger partial charge in [-0.15, -0.1) is 6.58 Å². The molecule has 0 radical (unpaired) electrons. The van der Waals surface area contributed by atoms with E-state index in [1.165, 1.54) is 10.4 Å². The fraction of sp³-hybridized carbons (Fsp3) is 0.833.